The van der Waals surface area contributed by atoms with Gasteiger partial charge >= 0.3 is 5.69 Å². The summed E-state index contributed by atoms with van der Waals surface area (Å²) in [6.45, 7) is 0.754. The van der Waals surface area contributed by atoms with Gasteiger partial charge in [-0.1, -0.05) is 5.21 Å². The van der Waals surface area contributed by atoms with Crippen molar-refractivity contribution in [2.45, 2.75) is 6.54 Å². The number of carbonyl (C=O) groups excluding carboxylic acids is 1. The number of carbonyl (C=O) groups is 1. The van der Waals surface area contributed by atoms with Crippen LogP contribution in [0.25, 0.3) is 0 Å². The Labute approximate surface area is 117 Å². The van der Waals surface area contributed by atoms with Crippen LogP contribution in [0.15, 0.2) is 24.4 Å². The molecule has 9 nitrogen and oxygen atoms in total. The number of hydrogen-bond donors (Lipinski definition) is 2. The molecule has 110 valence electrons. The molecule has 2 aromatic rings. The smallest absolute Gasteiger partial charge is 0.304 e. The van der Waals surface area contributed by atoms with Crippen LogP contribution in [0, 0.1) is 15.9 Å². The molecule has 0 bridgehead atoms. The van der Waals surface area contributed by atoms with Crippen LogP contribution in [-0.2, 0) is 6.54 Å². The summed E-state index contributed by atoms with van der Waals surface area (Å²) in [5.74, 6) is -1.64. The van der Waals surface area contributed by atoms with Crippen LogP contribution in [-0.4, -0.2) is 32.4 Å². The van der Waals surface area contributed by atoms with Gasteiger partial charge in [-0.05, 0) is 6.07 Å². The molecule has 0 fully saturated rings. The number of benzene rings is 1. The van der Waals surface area contributed by atoms with Crippen LogP contribution < -0.4 is 11.1 Å². The van der Waals surface area contributed by atoms with Crippen molar-refractivity contribution < 1.29 is 14.1 Å². The second kappa shape index (κ2) is 6.05. The van der Waals surface area contributed by atoms with E-state index in [9.17, 15) is 19.3 Å². The van der Waals surface area contributed by atoms with Gasteiger partial charge in [0.2, 0.25) is 5.82 Å². The third kappa shape index (κ3) is 3.36. The Hall–Kier alpha value is -2.88. The van der Waals surface area contributed by atoms with E-state index in [2.05, 4.69) is 15.6 Å². The average Bonchev–Trinajstić information content (AvgIpc) is 2.87. The number of nitrogens with one attached hydrogen (secondary N) is 1. The third-order valence-corrected chi connectivity index (χ3v) is 2.53. The summed E-state index contributed by atoms with van der Waals surface area (Å²) in [5.41, 5.74) is 4.78. The van der Waals surface area contributed by atoms with Gasteiger partial charge in [0.15, 0.2) is 5.69 Å². The maximum absolute atomic E-state index is 13.4. The molecule has 10 heteroatoms. The number of rotatable bonds is 5. The lowest BCUT2D eigenvalue weighted by Crippen LogP contribution is -2.13. The van der Waals surface area contributed by atoms with Crippen LogP contribution in [0.2, 0.25) is 0 Å². The van der Waals surface area contributed by atoms with Gasteiger partial charge in [-0.15, -0.1) is 5.10 Å². The van der Waals surface area contributed by atoms with E-state index in [1.54, 1.807) is 0 Å². The first kappa shape index (κ1) is 14.5. The maximum Gasteiger partial charge on any atom is 0.304 e. The van der Waals surface area contributed by atoms with Gasteiger partial charge in [-0.25, -0.2) is 0 Å². The van der Waals surface area contributed by atoms with E-state index in [1.807, 2.05) is 0 Å². The molecule has 0 saturated carbocycles. The number of nitrogens with zero attached hydrogens (tertiary/aromatic N) is 4. The summed E-state index contributed by atoms with van der Waals surface area (Å²) >= 11 is 0. The standard InChI is InChI=1S/C11H11FN6O3/c12-8-5-7(1-2-10(8)18(20)21)14-11(19)9-6-17(4-3-13)16-15-9/h1-2,5-6H,3-4,13H2,(H,14,19). The van der Waals surface area contributed by atoms with Crippen LogP contribution >= 0.6 is 0 Å². The highest BCUT2D eigenvalue weighted by molar-refractivity contribution is 6.02. The highest BCUT2D eigenvalue weighted by atomic mass is 19.1. The average molecular weight is 294 g/mol. The number of amides is 1. The van der Waals surface area contributed by atoms with E-state index in [1.165, 1.54) is 16.9 Å². The van der Waals surface area contributed by atoms with Crippen molar-refractivity contribution in [2.24, 2.45) is 5.73 Å². The first-order chi connectivity index (χ1) is 10.0. The molecule has 0 radical (unpaired) electrons. The molecular formula is C11H11FN6O3. The van der Waals surface area contributed by atoms with Gasteiger partial charge in [0.25, 0.3) is 5.91 Å². The normalized spacial score (nSPS) is 10.4. The lowest BCUT2D eigenvalue weighted by atomic mass is 10.2. The zero-order valence-corrected chi connectivity index (χ0v) is 10.7. The zero-order valence-electron chi connectivity index (χ0n) is 10.7. The first-order valence-corrected chi connectivity index (χ1v) is 5.86. The molecule has 1 amide bonds. The number of nitrogens with two attached hydrogens (primary N) is 1. The topological polar surface area (TPSA) is 129 Å². The molecule has 1 heterocycles. The first-order valence-electron chi connectivity index (χ1n) is 5.86. The van der Waals surface area contributed by atoms with Gasteiger partial charge in [0.1, 0.15) is 0 Å². The van der Waals surface area contributed by atoms with E-state index in [-0.39, 0.29) is 11.4 Å². The van der Waals surface area contributed by atoms with Crippen molar-refractivity contribution in [3.8, 4) is 0 Å². The van der Waals surface area contributed by atoms with E-state index in [0.29, 0.717) is 13.1 Å². The minimum atomic E-state index is -1.04. The van der Waals surface area contributed by atoms with Crippen LogP contribution in [0.4, 0.5) is 15.8 Å². The van der Waals surface area contributed by atoms with Crippen LogP contribution in [0.3, 0.4) is 0 Å². The Kier molecular flexibility index (Phi) is 4.18. The molecule has 0 atom stereocenters. The molecule has 0 aliphatic carbocycles. The summed E-state index contributed by atoms with van der Waals surface area (Å²) < 4.78 is 14.8. The fourth-order valence-electron chi connectivity index (χ4n) is 1.57. The van der Waals surface area contributed by atoms with Crippen molar-refractivity contribution >= 4 is 17.3 Å². The van der Waals surface area contributed by atoms with Crippen molar-refractivity contribution in [1.29, 1.82) is 0 Å². The molecule has 0 aliphatic rings. The SMILES string of the molecule is NCCn1cc(C(=O)Nc2ccc([N+](=O)[O-])c(F)c2)nn1. The maximum atomic E-state index is 13.4. The number of aromatic nitrogens is 3. The molecule has 1 aromatic heterocycles. The van der Waals surface area contributed by atoms with Gasteiger partial charge in [0.05, 0.1) is 17.7 Å². The van der Waals surface area contributed by atoms with Gasteiger partial charge in [-0.2, -0.15) is 4.39 Å². The molecule has 0 saturated heterocycles. The number of nitro benzene ring substituents is 1. The molecule has 3 N–H and O–H groups in total. The van der Waals surface area contributed by atoms with E-state index in [4.69, 9.17) is 5.73 Å². The van der Waals surface area contributed by atoms with E-state index in [0.717, 1.165) is 12.1 Å². The van der Waals surface area contributed by atoms with Crippen molar-refractivity contribution in [2.75, 3.05) is 11.9 Å². The summed E-state index contributed by atoms with van der Waals surface area (Å²) in [4.78, 5) is 21.5. The highest BCUT2D eigenvalue weighted by Crippen LogP contribution is 2.21. The second-order valence-corrected chi connectivity index (χ2v) is 4.03. The van der Waals surface area contributed by atoms with E-state index < -0.39 is 22.3 Å². The predicted octanol–water partition coefficient (Wildman–Crippen LogP) is 0.536. The van der Waals surface area contributed by atoms with Crippen LogP contribution in [0.5, 0.6) is 0 Å². The monoisotopic (exact) mass is 294 g/mol. The molecular weight excluding hydrogens is 283 g/mol. The minimum absolute atomic E-state index is 0.0298. The predicted molar refractivity (Wildman–Crippen MR) is 70.1 cm³/mol. The molecule has 0 aliphatic heterocycles. The largest absolute Gasteiger partial charge is 0.329 e. The van der Waals surface area contributed by atoms with Gasteiger partial charge in [-0.3, -0.25) is 19.6 Å². The number of anilines is 1. The Morgan fingerprint density at radius 2 is 2.29 bits per heavy atom. The minimum Gasteiger partial charge on any atom is -0.329 e. The van der Waals surface area contributed by atoms with Gasteiger partial charge < -0.3 is 11.1 Å². The number of nitro groups is 1. The molecule has 0 spiro atoms. The van der Waals surface area contributed by atoms with E-state index >= 15 is 0 Å². The third-order valence-electron chi connectivity index (χ3n) is 2.53. The molecule has 1 aromatic carbocycles. The summed E-state index contributed by atoms with van der Waals surface area (Å²) in [7, 11) is 0. The Morgan fingerprint density at radius 1 is 1.52 bits per heavy atom. The fraction of sp³-hybridized carbons (Fsp3) is 0.182. The molecule has 2 rings (SSSR count). The van der Waals surface area contributed by atoms with Crippen molar-refractivity contribution in [1.82, 2.24) is 15.0 Å². The highest BCUT2D eigenvalue weighted by Gasteiger charge is 2.16. The summed E-state index contributed by atoms with van der Waals surface area (Å²) in [5, 5.41) is 20.2. The molecule has 0 unspecified atom stereocenters. The Balaban J connectivity index is 2.11. The lowest BCUT2D eigenvalue weighted by molar-refractivity contribution is -0.387. The Morgan fingerprint density at radius 3 is 2.90 bits per heavy atom. The quantitative estimate of drug-likeness (QED) is 0.611. The lowest BCUT2D eigenvalue weighted by Gasteiger charge is -2.03. The molecule has 21 heavy (non-hydrogen) atoms. The fourth-order valence-corrected chi connectivity index (χ4v) is 1.57. The number of halogens is 1. The van der Waals surface area contributed by atoms with Crippen molar-refractivity contribution in [3.05, 3.63) is 46.0 Å². The van der Waals surface area contributed by atoms with Crippen molar-refractivity contribution in [3.63, 3.8) is 0 Å². The zero-order chi connectivity index (χ0) is 15.4. The van der Waals surface area contributed by atoms with Crippen LogP contribution in [0.1, 0.15) is 10.5 Å². The summed E-state index contributed by atoms with van der Waals surface area (Å²) in [6.07, 6.45) is 1.39. The second-order valence-electron chi connectivity index (χ2n) is 4.03. The Bertz CT molecular complexity index is 686. The summed E-state index contributed by atoms with van der Waals surface area (Å²) in [6, 6.07) is 3.06. The number of hydrogen-bond acceptors (Lipinski definition) is 6. The van der Waals surface area contributed by atoms with Gasteiger partial charge in [0, 0.05) is 24.4 Å².